The summed E-state index contributed by atoms with van der Waals surface area (Å²) >= 11 is 6.35. The summed E-state index contributed by atoms with van der Waals surface area (Å²) in [6.07, 6.45) is -0.778. The number of halogens is 4. The van der Waals surface area contributed by atoms with Crippen molar-refractivity contribution in [1.82, 2.24) is 14.7 Å². The smallest absolute Gasteiger partial charge is 0.398 e. The molecule has 0 saturated heterocycles. The van der Waals surface area contributed by atoms with E-state index in [0.717, 1.165) is 19.1 Å². The molecule has 1 amide bonds. The number of nitrogens with zero attached hydrogens (tertiary/aromatic N) is 1. The van der Waals surface area contributed by atoms with E-state index in [2.05, 4.69) is 15.3 Å². The van der Waals surface area contributed by atoms with Gasteiger partial charge in [0, 0.05) is 29.4 Å². The van der Waals surface area contributed by atoms with Gasteiger partial charge in [0.1, 0.15) is 17.3 Å². The lowest BCUT2D eigenvalue weighted by Gasteiger charge is -2.11. The summed E-state index contributed by atoms with van der Waals surface area (Å²) in [6, 6.07) is 6.88. The number of hydrogen-bond acceptors (Lipinski definition) is 2. The predicted molar refractivity (Wildman–Crippen MR) is 107 cm³/mol. The predicted octanol–water partition coefficient (Wildman–Crippen LogP) is 3.22. The molecule has 1 aliphatic rings. The first-order chi connectivity index (χ1) is 14.3. The van der Waals surface area contributed by atoms with E-state index >= 15 is 0 Å². The first kappa shape index (κ1) is 20.3. The number of amides is 1. The monoisotopic (exact) mass is 439 g/mol. The molecule has 1 aliphatic carbocycles. The maximum absolute atomic E-state index is 12.4. The fraction of sp³-hybridized carbons (Fsp3) is 0.300. The van der Waals surface area contributed by atoms with Crippen molar-refractivity contribution >= 4 is 35.1 Å². The molecule has 158 valence electrons. The quantitative estimate of drug-likeness (QED) is 0.516. The minimum atomic E-state index is -4.29. The molecule has 0 spiro atoms. The Morgan fingerprint density at radius 1 is 1.40 bits per heavy atom. The van der Waals surface area contributed by atoms with Crippen LogP contribution in [0.15, 0.2) is 30.5 Å². The summed E-state index contributed by atoms with van der Waals surface area (Å²) in [5.74, 6) is 0.314. The van der Waals surface area contributed by atoms with Gasteiger partial charge in [0.25, 0.3) is 5.91 Å². The molecule has 1 fully saturated rings. The van der Waals surface area contributed by atoms with Gasteiger partial charge in [-0.05, 0) is 31.0 Å². The van der Waals surface area contributed by atoms with Crippen molar-refractivity contribution in [3.63, 3.8) is 0 Å². The minimum absolute atomic E-state index is 0.160. The Bertz CT molecular complexity index is 1130. The first-order valence-corrected chi connectivity index (χ1v) is 9.67. The van der Waals surface area contributed by atoms with E-state index in [4.69, 9.17) is 16.3 Å². The van der Waals surface area contributed by atoms with Crippen LogP contribution in [-0.4, -0.2) is 40.8 Å². The van der Waals surface area contributed by atoms with E-state index < -0.39 is 12.6 Å². The second kappa shape index (κ2) is 7.71. The lowest BCUT2D eigenvalue weighted by molar-refractivity contribution is -0.349. The van der Waals surface area contributed by atoms with Gasteiger partial charge in [0.2, 0.25) is 5.69 Å². The van der Waals surface area contributed by atoms with Crippen LogP contribution >= 0.6 is 11.6 Å². The van der Waals surface area contributed by atoms with Gasteiger partial charge < -0.3 is 15.0 Å². The third-order valence-corrected chi connectivity index (χ3v) is 5.06. The van der Waals surface area contributed by atoms with E-state index in [1.165, 1.54) is 13.2 Å². The molecule has 4 rings (SSSR count). The van der Waals surface area contributed by atoms with Crippen molar-refractivity contribution in [2.45, 2.75) is 31.5 Å². The fourth-order valence-electron chi connectivity index (χ4n) is 3.18. The molecule has 6 nitrogen and oxygen atoms in total. The Morgan fingerprint density at radius 3 is 2.83 bits per heavy atom. The van der Waals surface area contributed by atoms with Crippen molar-refractivity contribution in [3.05, 3.63) is 41.2 Å². The van der Waals surface area contributed by atoms with Crippen LogP contribution in [0.5, 0.6) is 5.75 Å². The molecule has 0 bridgehead atoms. The third-order valence-electron chi connectivity index (χ3n) is 4.79. The number of nitrogens with one attached hydrogen (secondary N) is 3. The summed E-state index contributed by atoms with van der Waals surface area (Å²) in [6.45, 7) is 0. The van der Waals surface area contributed by atoms with Crippen LogP contribution in [0.1, 0.15) is 29.6 Å². The molecule has 0 unspecified atom stereocenters. The van der Waals surface area contributed by atoms with Crippen LogP contribution in [0, 0.1) is 0 Å². The van der Waals surface area contributed by atoms with Crippen molar-refractivity contribution in [1.29, 1.82) is 0 Å². The van der Waals surface area contributed by atoms with Gasteiger partial charge in [-0.15, -0.1) is 0 Å². The number of H-pyrrole nitrogens is 1. The van der Waals surface area contributed by atoms with E-state index in [1.807, 2.05) is 0 Å². The number of rotatable bonds is 6. The van der Waals surface area contributed by atoms with Crippen LogP contribution in [0.2, 0.25) is 5.15 Å². The number of carbonyl (C=O) groups excluding carboxylic acids is 1. The SMILES string of the molecule is COc1cc(C(=O)NC2CC2)ccc1-c1c[nH]c2c([NH+]=CCC(F)(F)F)cc(Cl)n12. The Hall–Kier alpha value is -2.94. The molecule has 2 aromatic heterocycles. The van der Waals surface area contributed by atoms with Gasteiger partial charge in [-0.3, -0.25) is 9.20 Å². The standard InChI is InChI=1S/C20H18ClF3N4O2/c1-30-16-8-11(19(29)27-12-3-4-12)2-5-13(16)15-10-26-18-14(9-17(21)28(15)18)25-7-6-20(22,23)24/h2,5,7-10,12,26H,3-4,6H2,1H3,(H,27,29)/p+1. The zero-order valence-electron chi connectivity index (χ0n) is 15.9. The molecule has 0 radical (unpaired) electrons. The number of carbonyl (C=O) groups is 1. The number of alkyl halides is 3. The number of aromatic amines is 1. The van der Waals surface area contributed by atoms with Crippen LogP contribution in [0.4, 0.5) is 18.9 Å². The summed E-state index contributed by atoms with van der Waals surface area (Å²) in [5, 5.41) is 3.24. The van der Waals surface area contributed by atoms with Crippen LogP contribution in [-0.2, 0) is 0 Å². The zero-order chi connectivity index (χ0) is 21.5. The lowest BCUT2D eigenvalue weighted by atomic mass is 10.1. The van der Waals surface area contributed by atoms with E-state index in [9.17, 15) is 18.0 Å². The number of benzene rings is 1. The molecule has 3 N–H and O–H groups in total. The highest BCUT2D eigenvalue weighted by molar-refractivity contribution is 6.30. The average molecular weight is 440 g/mol. The maximum atomic E-state index is 12.4. The molecule has 1 saturated carbocycles. The normalized spacial score (nSPS) is 14.6. The number of hydrogen-bond donors (Lipinski definition) is 3. The van der Waals surface area contributed by atoms with Crippen LogP contribution in [0.25, 0.3) is 16.9 Å². The van der Waals surface area contributed by atoms with Gasteiger partial charge in [-0.2, -0.15) is 13.2 Å². The molecule has 0 aliphatic heterocycles. The van der Waals surface area contributed by atoms with Gasteiger partial charge in [-0.25, -0.2) is 4.99 Å². The lowest BCUT2D eigenvalue weighted by Crippen LogP contribution is -2.61. The molecule has 0 atom stereocenters. The molecule has 30 heavy (non-hydrogen) atoms. The van der Waals surface area contributed by atoms with Crippen molar-refractivity contribution < 1.29 is 27.7 Å². The largest absolute Gasteiger partial charge is 0.496 e. The molecule has 10 heteroatoms. The van der Waals surface area contributed by atoms with Gasteiger partial charge in [-0.1, -0.05) is 11.6 Å². The third kappa shape index (κ3) is 4.16. The molecule has 2 heterocycles. The summed E-state index contributed by atoms with van der Waals surface area (Å²) < 4.78 is 44.3. The summed E-state index contributed by atoms with van der Waals surface area (Å²) in [7, 11) is 1.50. The van der Waals surface area contributed by atoms with Gasteiger partial charge >= 0.3 is 6.18 Å². The average Bonchev–Trinajstić information content (AvgIpc) is 3.30. The Balaban J connectivity index is 1.68. The summed E-state index contributed by atoms with van der Waals surface area (Å²) in [5.41, 5.74) is 2.72. The van der Waals surface area contributed by atoms with E-state index in [0.29, 0.717) is 39.1 Å². The second-order valence-electron chi connectivity index (χ2n) is 7.07. The van der Waals surface area contributed by atoms with Gasteiger partial charge in [0.15, 0.2) is 11.9 Å². The van der Waals surface area contributed by atoms with Crippen LogP contribution in [0.3, 0.4) is 0 Å². The Kier molecular flexibility index (Phi) is 5.23. The topological polar surface area (TPSA) is 72.5 Å². The first-order valence-electron chi connectivity index (χ1n) is 9.29. The molecule has 3 aromatic rings. The number of fused-ring (bicyclic) bond motifs is 1. The van der Waals surface area contributed by atoms with Crippen molar-refractivity contribution in [2.75, 3.05) is 7.11 Å². The minimum Gasteiger partial charge on any atom is -0.496 e. The van der Waals surface area contributed by atoms with Crippen LogP contribution < -0.4 is 15.0 Å². The molecule has 1 aromatic carbocycles. The zero-order valence-corrected chi connectivity index (χ0v) is 16.7. The highest BCUT2D eigenvalue weighted by Gasteiger charge is 2.28. The van der Waals surface area contributed by atoms with Crippen molar-refractivity contribution in [3.8, 4) is 17.0 Å². The molecular formula is C20H19ClF3N4O2+. The number of imidazole rings is 1. The number of methoxy groups -OCH3 is 1. The highest BCUT2D eigenvalue weighted by atomic mass is 35.5. The van der Waals surface area contributed by atoms with E-state index in [1.54, 1.807) is 28.8 Å². The molecular weight excluding hydrogens is 421 g/mol. The summed E-state index contributed by atoms with van der Waals surface area (Å²) in [4.78, 5) is 18.0. The van der Waals surface area contributed by atoms with Crippen molar-refractivity contribution in [2.24, 2.45) is 0 Å². The number of ether oxygens (including phenoxy) is 1. The Morgan fingerprint density at radius 2 is 2.17 bits per heavy atom. The van der Waals surface area contributed by atoms with Gasteiger partial charge in [0.05, 0.1) is 12.8 Å². The van der Waals surface area contributed by atoms with E-state index in [-0.39, 0.29) is 11.9 Å². The number of aromatic nitrogens is 2. The Labute approximate surface area is 174 Å². The fourth-order valence-corrected chi connectivity index (χ4v) is 3.47. The highest BCUT2D eigenvalue weighted by Crippen LogP contribution is 2.35. The second-order valence-corrected chi connectivity index (χ2v) is 7.46. The maximum Gasteiger partial charge on any atom is 0.398 e.